The van der Waals surface area contributed by atoms with Crippen molar-refractivity contribution in [3.05, 3.63) is 71.9 Å². The van der Waals surface area contributed by atoms with Gasteiger partial charge >= 0.3 is 17.9 Å². The molecule has 0 aliphatic carbocycles. The first-order chi connectivity index (χ1) is 43.3. The lowest BCUT2D eigenvalue weighted by atomic mass is 10.00. The number of ether oxygens (including phenoxy) is 2. The van der Waals surface area contributed by atoms with Crippen LogP contribution in [0.15, 0.2) is 60.8 Å². The fourth-order valence-electron chi connectivity index (χ4n) is 10.9. The molecule has 0 unspecified atom stereocenters. The van der Waals surface area contributed by atoms with Gasteiger partial charge in [-0.3, -0.25) is 62.3 Å². The average molecular weight is 1270 g/mol. The molecule has 0 saturated carbocycles. The van der Waals surface area contributed by atoms with Crippen LogP contribution in [0.4, 0.5) is 0 Å². The summed E-state index contributed by atoms with van der Waals surface area (Å²) in [6.07, 6.45) is -5.47. The summed E-state index contributed by atoms with van der Waals surface area (Å²) in [5.74, 6) is -16.7. The lowest BCUT2D eigenvalue weighted by Crippen LogP contribution is -2.62. The van der Waals surface area contributed by atoms with Crippen molar-refractivity contribution in [2.24, 2.45) is 11.7 Å². The van der Waals surface area contributed by atoms with Gasteiger partial charge in [0.1, 0.15) is 79.2 Å². The molecule has 31 nitrogen and oxygen atoms in total. The third kappa shape index (κ3) is 19.0. The molecule has 4 bridgehead atoms. The molecule has 31 heteroatoms. The maximum absolute atomic E-state index is 15.1. The number of H-pyrrole nitrogens is 1. The first kappa shape index (κ1) is 69.0. The second kappa shape index (κ2) is 31.8. The van der Waals surface area contributed by atoms with Crippen LogP contribution in [-0.4, -0.2) is 201 Å². The van der Waals surface area contributed by atoms with E-state index < -0.39 is 194 Å². The van der Waals surface area contributed by atoms with E-state index in [1.807, 2.05) is 0 Å². The first-order valence-electron chi connectivity index (χ1n) is 30.2. The summed E-state index contributed by atoms with van der Waals surface area (Å²) in [5, 5.41) is 46.0. The number of fused-ring (bicyclic) bond motifs is 12. The van der Waals surface area contributed by atoms with Crippen LogP contribution in [0.3, 0.4) is 0 Å². The van der Waals surface area contributed by atoms with Gasteiger partial charge in [0.15, 0.2) is 0 Å². The van der Waals surface area contributed by atoms with Gasteiger partial charge in [0, 0.05) is 43.0 Å². The summed E-state index contributed by atoms with van der Waals surface area (Å²) in [5.41, 5.74) is 7.51. The van der Waals surface area contributed by atoms with Crippen molar-refractivity contribution >= 4 is 93.8 Å². The summed E-state index contributed by atoms with van der Waals surface area (Å²) < 4.78 is 11.2. The van der Waals surface area contributed by atoms with E-state index in [0.29, 0.717) is 22.0 Å². The van der Waals surface area contributed by atoms with E-state index in [-0.39, 0.29) is 64.0 Å². The Morgan fingerprint density at radius 3 is 1.96 bits per heavy atom. The van der Waals surface area contributed by atoms with Gasteiger partial charge in [-0.25, -0.2) is 4.79 Å². The molecular weight excluding hydrogens is 1190 g/mol. The Kier molecular flexibility index (Phi) is 24.1. The first-order valence-corrected chi connectivity index (χ1v) is 30.2. The topological polar surface area (TPSA) is 463 Å². The SMILES string of the molecule is CC(C)C[C@@H]1NC(=O)[C@@H](NC(=O)[C@@H](N)[C@@H](C)O)[C@@H](C)OC(=O)C[C@@H]2NC(=O)[C@@H]3COC(=O)C[C@H](NC(=O)[C@H](Cc4c[nH]c5ccccc45)NC2=O)C(=O)N[C@H](C(=O)O)CC(=O)NCCCC[C@H](NC1=O)C(=O)N[C@@H](Cc1ccccc1)C(=O)N1CCC[C@H]1C(=O)N3. The van der Waals surface area contributed by atoms with Crippen LogP contribution in [0.1, 0.15) is 96.6 Å². The zero-order chi connectivity index (χ0) is 66.2. The van der Waals surface area contributed by atoms with Gasteiger partial charge in [0.2, 0.25) is 65.0 Å². The normalized spacial score (nSPS) is 27.7. The Balaban J connectivity index is 1.41. The number of aliphatic hydroxyl groups is 1. The second-order valence-electron chi connectivity index (χ2n) is 23.5. The largest absolute Gasteiger partial charge is 0.480 e. The molecule has 0 spiro atoms. The highest BCUT2D eigenvalue weighted by Gasteiger charge is 2.43. The number of nitrogens with zero attached hydrogens (tertiary/aromatic N) is 1. The molecule has 7 rings (SSSR count). The minimum Gasteiger partial charge on any atom is -0.480 e. The summed E-state index contributed by atoms with van der Waals surface area (Å²) >= 11 is 0. The molecule has 4 aliphatic rings. The highest BCUT2D eigenvalue weighted by atomic mass is 16.5. The van der Waals surface area contributed by atoms with E-state index in [1.54, 1.807) is 68.4 Å². The Bertz CT molecular complexity index is 3230. The molecule has 91 heavy (non-hydrogen) atoms. The smallest absolute Gasteiger partial charge is 0.326 e. The van der Waals surface area contributed by atoms with E-state index >= 15 is 4.79 Å². The molecule has 2 aromatic carbocycles. The lowest BCUT2D eigenvalue weighted by molar-refractivity contribution is -0.154. The molecule has 492 valence electrons. The van der Waals surface area contributed by atoms with Crippen molar-refractivity contribution in [3.8, 4) is 0 Å². The van der Waals surface area contributed by atoms with Crippen molar-refractivity contribution in [2.45, 2.75) is 177 Å². The van der Waals surface area contributed by atoms with Crippen molar-refractivity contribution in [2.75, 3.05) is 19.7 Å². The summed E-state index contributed by atoms with van der Waals surface area (Å²) in [6, 6.07) is -4.21. The van der Waals surface area contributed by atoms with Gasteiger partial charge < -0.3 is 88.5 Å². The second-order valence-corrected chi connectivity index (χ2v) is 23.5. The monoisotopic (exact) mass is 1270 g/mol. The number of esters is 2. The van der Waals surface area contributed by atoms with Crippen LogP contribution in [-0.2, 0) is 89.4 Å². The Morgan fingerprint density at radius 2 is 1.25 bits per heavy atom. The number of benzene rings is 2. The summed E-state index contributed by atoms with van der Waals surface area (Å²) in [4.78, 5) is 205. The van der Waals surface area contributed by atoms with E-state index in [4.69, 9.17) is 15.2 Å². The number of aromatic nitrogens is 1. The number of rotatable bonds is 10. The number of carbonyl (C=O) groups excluding carboxylic acids is 13. The van der Waals surface area contributed by atoms with Crippen molar-refractivity contribution < 1.29 is 86.8 Å². The van der Waals surface area contributed by atoms with E-state index in [9.17, 15) is 72.5 Å². The molecular formula is C60H79N13O18. The molecule has 15 N–H and O–H groups in total. The van der Waals surface area contributed by atoms with E-state index in [1.165, 1.54) is 18.0 Å². The van der Waals surface area contributed by atoms with Crippen molar-refractivity contribution in [3.63, 3.8) is 0 Å². The standard InChI is InChI=1S/C60H79N13O18/c1-29(2)21-37-51(79)64-36-17-10-11-19-62-45(75)24-42(60(88)89)70-54(82)39-25-46(76)90-28-43(71-56(84)44-18-12-20-73(44)59(87)41(69-50(36)78)22-32-13-6-5-7-14-32)55(83)67-40(26-47(77)91-31(4)49(58(86)68-37)72-57(85)48(61)30(3)74)53(81)65-38(52(80)66-39)23-33-27-63-35-16-9-8-15-34(33)35/h5-9,13-16,27,29-31,36-44,48-49,63,74H,10-12,17-26,28,61H2,1-4H3,(H,62,75)(H,64,79)(H,65,81)(H,66,80)(H,67,83)(H,68,86)(H,69,78)(H,70,82)(H,71,84)(H,72,85)(H,88,89)/t30-,31-,36+,37+,38+,39+,40+,41+,42+,43+,44+,48+,49+/m1/s1. The molecule has 13 atom stereocenters. The fraction of sp³-hybridized carbons (Fsp3) is 0.533. The van der Waals surface area contributed by atoms with Crippen LogP contribution in [0.2, 0.25) is 0 Å². The minimum absolute atomic E-state index is 0.0109. The number of para-hydroxylation sites is 1. The number of cyclic esters (lactones) is 1. The van der Waals surface area contributed by atoms with E-state index in [0.717, 1.165) is 6.92 Å². The third-order valence-electron chi connectivity index (χ3n) is 15.9. The molecule has 0 radical (unpaired) electrons. The number of carboxylic acids is 1. The Labute approximate surface area is 522 Å². The number of aliphatic hydroxyl groups excluding tert-OH is 1. The van der Waals surface area contributed by atoms with Crippen LogP contribution in [0.5, 0.6) is 0 Å². The van der Waals surface area contributed by atoms with Crippen LogP contribution >= 0.6 is 0 Å². The fourth-order valence-corrected chi connectivity index (χ4v) is 10.9. The number of amides is 11. The quantitative estimate of drug-likeness (QED) is 0.0864. The summed E-state index contributed by atoms with van der Waals surface area (Å²) in [7, 11) is 0. The van der Waals surface area contributed by atoms with Crippen molar-refractivity contribution in [1.29, 1.82) is 0 Å². The maximum Gasteiger partial charge on any atom is 0.326 e. The number of hydrogen-bond acceptors (Lipinski definition) is 18. The van der Waals surface area contributed by atoms with Crippen molar-refractivity contribution in [1.82, 2.24) is 63.1 Å². The minimum atomic E-state index is -2.12. The molecule has 4 fully saturated rings. The van der Waals surface area contributed by atoms with Crippen LogP contribution in [0.25, 0.3) is 10.9 Å². The number of carbonyl (C=O) groups is 14. The number of aromatic amines is 1. The predicted molar refractivity (Wildman–Crippen MR) is 318 cm³/mol. The number of nitrogens with two attached hydrogens (primary N) is 1. The molecule has 1 aromatic heterocycles. The zero-order valence-electron chi connectivity index (χ0n) is 50.7. The number of nitrogens with one attached hydrogen (secondary N) is 11. The highest BCUT2D eigenvalue weighted by Crippen LogP contribution is 2.23. The predicted octanol–water partition coefficient (Wildman–Crippen LogP) is -3.88. The Hall–Kier alpha value is -9.52. The molecule has 5 heterocycles. The van der Waals surface area contributed by atoms with E-state index in [2.05, 4.69) is 58.2 Å². The highest BCUT2D eigenvalue weighted by molar-refractivity contribution is 6.01. The molecule has 4 aliphatic heterocycles. The van der Waals surface area contributed by atoms with Gasteiger partial charge in [-0.1, -0.05) is 62.4 Å². The number of carboxylic acid groups (broad SMARTS) is 1. The van der Waals surface area contributed by atoms with Gasteiger partial charge in [0.05, 0.1) is 25.4 Å². The average Bonchev–Trinajstić information content (AvgIpc) is 2.15. The van der Waals surface area contributed by atoms with Gasteiger partial charge in [0.25, 0.3) is 0 Å². The summed E-state index contributed by atoms with van der Waals surface area (Å²) in [6.45, 7) is 4.43. The van der Waals surface area contributed by atoms with Gasteiger partial charge in [-0.2, -0.15) is 0 Å². The van der Waals surface area contributed by atoms with Crippen LogP contribution in [0, 0.1) is 5.92 Å². The molecule has 4 saturated heterocycles. The van der Waals surface area contributed by atoms with Crippen LogP contribution < -0.4 is 58.9 Å². The van der Waals surface area contributed by atoms with Gasteiger partial charge in [-0.05, 0) is 75.5 Å². The number of aliphatic carboxylic acids is 1. The molecule has 11 amide bonds. The molecule has 3 aromatic rings. The maximum atomic E-state index is 15.1. The van der Waals surface area contributed by atoms with Gasteiger partial charge in [-0.15, -0.1) is 0 Å². The lowest BCUT2D eigenvalue weighted by Gasteiger charge is -2.31. The number of hydrogen-bond donors (Lipinski definition) is 14. The zero-order valence-corrected chi connectivity index (χ0v) is 50.7. The third-order valence-corrected chi connectivity index (χ3v) is 15.9. The Morgan fingerprint density at radius 1 is 0.648 bits per heavy atom.